The fourth-order valence-corrected chi connectivity index (χ4v) is 4.65. The molecular formula is C20H14ClN3O2S2. The fourth-order valence-electron chi connectivity index (χ4n) is 2.67. The maximum absolute atomic E-state index is 11.3. The molecule has 0 saturated carbocycles. The van der Waals surface area contributed by atoms with Crippen molar-refractivity contribution in [2.24, 2.45) is 10.2 Å². The predicted molar refractivity (Wildman–Crippen MR) is 114 cm³/mol. The highest BCUT2D eigenvalue weighted by atomic mass is 35.5. The molecule has 2 aromatic heterocycles. The molecule has 28 heavy (non-hydrogen) atoms. The number of carboxylic acids is 1. The molecule has 2 heterocycles. The zero-order valence-electron chi connectivity index (χ0n) is 14.7. The molecule has 0 bridgehead atoms. The van der Waals surface area contributed by atoms with Crippen LogP contribution in [0, 0.1) is 0 Å². The number of aromatic carboxylic acids is 1. The highest BCUT2D eigenvalue weighted by Gasteiger charge is 2.13. The summed E-state index contributed by atoms with van der Waals surface area (Å²) in [6.45, 7) is 1.97. The molecule has 8 heteroatoms. The molecule has 140 valence electrons. The van der Waals surface area contributed by atoms with Crippen LogP contribution in [0.2, 0.25) is 5.02 Å². The van der Waals surface area contributed by atoms with Crippen molar-refractivity contribution in [2.45, 2.75) is 13.0 Å². The van der Waals surface area contributed by atoms with Gasteiger partial charge in [0.1, 0.15) is 6.04 Å². The van der Waals surface area contributed by atoms with Gasteiger partial charge in [-0.25, -0.2) is 9.78 Å². The number of aromatic nitrogens is 1. The summed E-state index contributed by atoms with van der Waals surface area (Å²) in [5.74, 6) is -1.04. The Bertz CT molecular complexity index is 1170. The van der Waals surface area contributed by atoms with E-state index in [0.717, 1.165) is 25.5 Å². The van der Waals surface area contributed by atoms with E-state index in [1.165, 1.54) is 11.3 Å². The Morgan fingerprint density at radius 2 is 1.96 bits per heavy atom. The molecule has 0 saturated heterocycles. The van der Waals surface area contributed by atoms with Crippen LogP contribution in [-0.2, 0) is 0 Å². The SMILES string of the molecule is CC(N=Nc1nc2ccccc2s1)c1ccc(-c2ccc(Cl)c(C(=O)O)c2)s1. The lowest BCUT2D eigenvalue weighted by atomic mass is 10.1. The average Bonchev–Trinajstić information content (AvgIpc) is 3.33. The quantitative estimate of drug-likeness (QED) is 0.341. The molecule has 0 aliphatic heterocycles. The minimum Gasteiger partial charge on any atom is -0.478 e. The van der Waals surface area contributed by atoms with E-state index in [1.54, 1.807) is 23.5 Å². The van der Waals surface area contributed by atoms with E-state index in [4.69, 9.17) is 11.6 Å². The van der Waals surface area contributed by atoms with Gasteiger partial charge in [0.2, 0.25) is 5.13 Å². The van der Waals surface area contributed by atoms with Crippen LogP contribution in [0.4, 0.5) is 5.13 Å². The number of fused-ring (bicyclic) bond motifs is 1. The summed E-state index contributed by atoms with van der Waals surface area (Å²) in [6, 6.07) is 16.7. The number of benzene rings is 2. The van der Waals surface area contributed by atoms with E-state index in [-0.39, 0.29) is 16.6 Å². The van der Waals surface area contributed by atoms with E-state index in [2.05, 4.69) is 15.2 Å². The standard InChI is InChI=1S/C20H14ClN3O2S2/c1-11(23-24-20-22-15-4-2-3-5-18(15)28-20)16-8-9-17(27-16)12-6-7-14(21)13(10-12)19(25)26/h2-11H,1H3,(H,25,26). The normalized spacial score (nSPS) is 12.6. The lowest BCUT2D eigenvalue weighted by Gasteiger charge is -2.03. The van der Waals surface area contributed by atoms with Crippen LogP contribution in [0.5, 0.6) is 0 Å². The molecule has 5 nitrogen and oxygen atoms in total. The largest absolute Gasteiger partial charge is 0.478 e. The van der Waals surface area contributed by atoms with E-state index in [1.807, 2.05) is 49.4 Å². The molecule has 4 rings (SSSR count). The number of halogens is 1. The summed E-state index contributed by atoms with van der Waals surface area (Å²) < 4.78 is 1.08. The minimum absolute atomic E-state index is 0.0951. The van der Waals surface area contributed by atoms with E-state index >= 15 is 0 Å². The summed E-state index contributed by atoms with van der Waals surface area (Å²) in [5.41, 5.74) is 1.83. The summed E-state index contributed by atoms with van der Waals surface area (Å²) >= 11 is 9.01. The maximum atomic E-state index is 11.3. The highest BCUT2D eigenvalue weighted by Crippen LogP contribution is 2.35. The van der Waals surface area contributed by atoms with Gasteiger partial charge in [0.25, 0.3) is 0 Å². The molecule has 1 atom stereocenters. The zero-order chi connectivity index (χ0) is 19.7. The fraction of sp³-hybridized carbons (Fsp3) is 0.100. The molecule has 1 N–H and O–H groups in total. The molecule has 0 aliphatic rings. The minimum atomic E-state index is -1.04. The van der Waals surface area contributed by atoms with Crippen LogP contribution >= 0.6 is 34.3 Å². The van der Waals surface area contributed by atoms with Gasteiger partial charge in [-0.3, -0.25) is 0 Å². The van der Waals surface area contributed by atoms with Gasteiger partial charge in [0.15, 0.2) is 0 Å². The number of carboxylic acid groups (broad SMARTS) is 1. The van der Waals surface area contributed by atoms with Crippen molar-refractivity contribution in [1.82, 2.24) is 4.98 Å². The van der Waals surface area contributed by atoms with Crippen LogP contribution < -0.4 is 0 Å². The Labute approximate surface area is 174 Å². The van der Waals surface area contributed by atoms with E-state index in [9.17, 15) is 9.90 Å². The molecule has 4 aromatic rings. The first-order valence-electron chi connectivity index (χ1n) is 8.40. The third-order valence-electron chi connectivity index (χ3n) is 4.12. The molecule has 2 aromatic carbocycles. The third-order valence-corrected chi connectivity index (χ3v) is 6.67. The topological polar surface area (TPSA) is 74.9 Å². The Morgan fingerprint density at radius 1 is 1.14 bits per heavy atom. The van der Waals surface area contributed by atoms with Crippen LogP contribution in [0.15, 0.2) is 64.8 Å². The Morgan fingerprint density at radius 3 is 2.75 bits per heavy atom. The number of thiophene rings is 1. The van der Waals surface area contributed by atoms with Crippen molar-refractivity contribution in [3.05, 3.63) is 70.1 Å². The molecule has 0 spiro atoms. The van der Waals surface area contributed by atoms with Crippen molar-refractivity contribution in [3.8, 4) is 10.4 Å². The van der Waals surface area contributed by atoms with Gasteiger partial charge in [0, 0.05) is 9.75 Å². The number of hydrogen-bond donors (Lipinski definition) is 1. The highest BCUT2D eigenvalue weighted by molar-refractivity contribution is 7.21. The number of para-hydroxylation sites is 1. The second kappa shape index (κ2) is 7.79. The summed E-state index contributed by atoms with van der Waals surface area (Å²) in [4.78, 5) is 17.7. The van der Waals surface area contributed by atoms with Crippen molar-refractivity contribution >= 4 is 55.6 Å². The second-order valence-corrected chi connectivity index (χ2v) is 8.59. The van der Waals surface area contributed by atoms with Gasteiger partial charge in [-0.05, 0) is 48.9 Å². The number of azo groups is 1. The van der Waals surface area contributed by atoms with Gasteiger partial charge in [0.05, 0.1) is 20.8 Å². The zero-order valence-corrected chi connectivity index (χ0v) is 17.1. The molecular weight excluding hydrogens is 414 g/mol. The molecule has 1 unspecified atom stereocenters. The van der Waals surface area contributed by atoms with Crippen LogP contribution in [0.1, 0.15) is 28.2 Å². The van der Waals surface area contributed by atoms with Crippen molar-refractivity contribution in [3.63, 3.8) is 0 Å². The number of carbonyl (C=O) groups is 1. The van der Waals surface area contributed by atoms with Gasteiger partial charge in [-0.2, -0.15) is 5.11 Å². The van der Waals surface area contributed by atoms with Gasteiger partial charge in [-0.15, -0.1) is 16.5 Å². The predicted octanol–water partition coefficient (Wildman–Crippen LogP) is 7.22. The molecule has 0 amide bonds. The summed E-state index contributed by atoms with van der Waals surface area (Å²) in [5, 5.41) is 18.8. The number of nitrogens with zero attached hydrogens (tertiary/aromatic N) is 3. The third kappa shape index (κ3) is 3.82. The number of rotatable bonds is 5. The first kappa shape index (κ1) is 18.7. The monoisotopic (exact) mass is 427 g/mol. The smallest absolute Gasteiger partial charge is 0.337 e. The Balaban J connectivity index is 1.55. The van der Waals surface area contributed by atoms with Gasteiger partial charge in [-0.1, -0.05) is 41.1 Å². The van der Waals surface area contributed by atoms with Crippen LogP contribution in [-0.4, -0.2) is 16.1 Å². The summed E-state index contributed by atoms with van der Waals surface area (Å²) in [6.07, 6.45) is 0. The molecule has 0 radical (unpaired) electrons. The van der Waals surface area contributed by atoms with Crippen LogP contribution in [0.3, 0.4) is 0 Å². The molecule has 0 fully saturated rings. The first-order chi connectivity index (χ1) is 13.5. The second-order valence-electron chi connectivity index (χ2n) is 6.06. The summed E-state index contributed by atoms with van der Waals surface area (Å²) in [7, 11) is 0. The van der Waals surface area contributed by atoms with Crippen molar-refractivity contribution in [2.75, 3.05) is 0 Å². The first-order valence-corrected chi connectivity index (χ1v) is 10.4. The Hall–Kier alpha value is -2.61. The van der Waals surface area contributed by atoms with E-state index < -0.39 is 5.97 Å². The van der Waals surface area contributed by atoms with E-state index in [0.29, 0.717) is 5.13 Å². The number of hydrogen-bond acceptors (Lipinski definition) is 6. The molecule has 0 aliphatic carbocycles. The maximum Gasteiger partial charge on any atom is 0.337 e. The average molecular weight is 428 g/mol. The number of thiazole rings is 1. The van der Waals surface area contributed by atoms with Gasteiger partial charge < -0.3 is 5.11 Å². The lowest BCUT2D eigenvalue weighted by molar-refractivity contribution is 0.0697. The van der Waals surface area contributed by atoms with Crippen molar-refractivity contribution in [1.29, 1.82) is 0 Å². The Kier molecular flexibility index (Phi) is 5.21. The van der Waals surface area contributed by atoms with Gasteiger partial charge >= 0.3 is 5.97 Å². The van der Waals surface area contributed by atoms with Crippen molar-refractivity contribution < 1.29 is 9.90 Å². The van der Waals surface area contributed by atoms with Crippen LogP contribution in [0.25, 0.3) is 20.7 Å². The lowest BCUT2D eigenvalue weighted by Crippen LogP contribution is -1.97.